The topological polar surface area (TPSA) is 29.9 Å². The van der Waals surface area contributed by atoms with Crippen LogP contribution in [0.25, 0.3) is 0 Å². The molecule has 0 unspecified atom stereocenters. The molecular formula is C15H17N3S2. The van der Waals surface area contributed by atoms with Gasteiger partial charge in [0.05, 0.1) is 6.04 Å². The van der Waals surface area contributed by atoms with E-state index in [4.69, 9.17) is 0 Å². The molecule has 3 aromatic rings. The van der Waals surface area contributed by atoms with Crippen molar-refractivity contribution in [3.63, 3.8) is 0 Å². The Bertz CT molecular complexity index is 551. The molecule has 104 valence electrons. The first-order valence-corrected chi connectivity index (χ1v) is 8.47. The van der Waals surface area contributed by atoms with Crippen molar-refractivity contribution in [1.29, 1.82) is 0 Å². The molecule has 0 saturated heterocycles. The zero-order valence-corrected chi connectivity index (χ0v) is 12.7. The van der Waals surface area contributed by atoms with Gasteiger partial charge in [-0.3, -0.25) is 4.68 Å². The average Bonchev–Trinajstić information content (AvgIpc) is 3.22. The number of thiophene rings is 2. The Kier molecular flexibility index (Phi) is 4.63. The van der Waals surface area contributed by atoms with Crippen LogP contribution in [0.1, 0.15) is 22.2 Å². The van der Waals surface area contributed by atoms with Gasteiger partial charge in [-0.15, -0.1) is 22.7 Å². The van der Waals surface area contributed by atoms with Crippen LogP contribution in [0.3, 0.4) is 0 Å². The summed E-state index contributed by atoms with van der Waals surface area (Å²) in [5.41, 5.74) is 0. The maximum absolute atomic E-state index is 4.23. The Morgan fingerprint density at radius 2 is 1.85 bits per heavy atom. The van der Waals surface area contributed by atoms with E-state index < -0.39 is 0 Å². The highest BCUT2D eigenvalue weighted by Crippen LogP contribution is 2.28. The molecule has 3 heterocycles. The van der Waals surface area contributed by atoms with Crippen molar-refractivity contribution in [3.8, 4) is 0 Å². The third kappa shape index (κ3) is 3.36. The van der Waals surface area contributed by atoms with Gasteiger partial charge >= 0.3 is 0 Å². The second-order valence-electron chi connectivity index (χ2n) is 4.54. The van der Waals surface area contributed by atoms with Crippen LogP contribution in [-0.4, -0.2) is 16.3 Å². The number of hydrogen-bond acceptors (Lipinski definition) is 4. The smallest absolute Gasteiger partial charge is 0.0764 e. The number of aryl methyl sites for hydroxylation is 1. The van der Waals surface area contributed by atoms with E-state index in [-0.39, 0.29) is 0 Å². The predicted molar refractivity (Wildman–Crippen MR) is 85.3 cm³/mol. The highest BCUT2D eigenvalue weighted by atomic mass is 32.1. The molecule has 5 heteroatoms. The highest BCUT2D eigenvalue weighted by molar-refractivity contribution is 7.11. The minimum atomic E-state index is 0.327. The Morgan fingerprint density at radius 1 is 1.10 bits per heavy atom. The molecule has 0 aliphatic heterocycles. The molecule has 0 spiro atoms. The lowest BCUT2D eigenvalue weighted by atomic mass is 10.2. The van der Waals surface area contributed by atoms with Gasteiger partial charge in [0.2, 0.25) is 0 Å². The van der Waals surface area contributed by atoms with E-state index in [0.29, 0.717) is 6.04 Å². The lowest BCUT2D eigenvalue weighted by molar-refractivity contribution is 0.524. The summed E-state index contributed by atoms with van der Waals surface area (Å²) in [5.74, 6) is 0. The SMILES string of the molecule is c1csc(C(NCCCn2cccn2)c2cccs2)c1. The van der Waals surface area contributed by atoms with Gasteiger partial charge < -0.3 is 5.32 Å². The van der Waals surface area contributed by atoms with Crippen LogP contribution in [-0.2, 0) is 6.54 Å². The lowest BCUT2D eigenvalue weighted by Crippen LogP contribution is -2.23. The lowest BCUT2D eigenvalue weighted by Gasteiger charge is -2.16. The van der Waals surface area contributed by atoms with Crippen molar-refractivity contribution in [2.45, 2.75) is 19.0 Å². The first-order chi connectivity index (χ1) is 9.93. The minimum Gasteiger partial charge on any atom is -0.305 e. The fraction of sp³-hybridized carbons (Fsp3) is 0.267. The molecule has 20 heavy (non-hydrogen) atoms. The number of nitrogens with zero attached hydrogens (tertiary/aromatic N) is 2. The third-order valence-electron chi connectivity index (χ3n) is 3.13. The number of hydrogen-bond donors (Lipinski definition) is 1. The summed E-state index contributed by atoms with van der Waals surface area (Å²) in [6, 6.07) is 10.9. The monoisotopic (exact) mass is 303 g/mol. The molecule has 0 amide bonds. The zero-order valence-electron chi connectivity index (χ0n) is 11.1. The van der Waals surface area contributed by atoms with Crippen LogP contribution < -0.4 is 5.32 Å². The fourth-order valence-electron chi connectivity index (χ4n) is 2.17. The summed E-state index contributed by atoms with van der Waals surface area (Å²) in [6.07, 6.45) is 4.92. The minimum absolute atomic E-state index is 0.327. The Morgan fingerprint density at radius 3 is 2.40 bits per heavy atom. The van der Waals surface area contributed by atoms with Gasteiger partial charge in [-0.1, -0.05) is 12.1 Å². The van der Waals surface area contributed by atoms with Crippen molar-refractivity contribution in [2.24, 2.45) is 0 Å². The number of aromatic nitrogens is 2. The van der Waals surface area contributed by atoms with Gasteiger partial charge in [-0.2, -0.15) is 5.10 Å². The van der Waals surface area contributed by atoms with E-state index in [1.54, 1.807) is 0 Å². The summed E-state index contributed by atoms with van der Waals surface area (Å²) in [4.78, 5) is 2.76. The second kappa shape index (κ2) is 6.83. The molecule has 0 atom stereocenters. The summed E-state index contributed by atoms with van der Waals surface area (Å²) in [7, 11) is 0. The quantitative estimate of drug-likeness (QED) is 0.673. The largest absolute Gasteiger partial charge is 0.305 e. The number of rotatable bonds is 7. The third-order valence-corrected chi connectivity index (χ3v) is 5.00. The fourth-order valence-corrected chi connectivity index (χ4v) is 3.88. The summed E-state index contributed by atoms with van der Waals surface area (Å²) in [5, 5.41) is 12.2. The normalized spacial score (nSPS) is 11.2. The molecule has 3 nitrogen and oxygen atoms in total. The first kappa shape index (κ1) is 13.5. The van der Waals surface area contributed by atoms with Crippen molar-refractivity contribution in [2.75, 3.05) is 6.54 Å². The maximum Gasteiger partial charge on any atom is 0.0764 e. The Labute approximate surface area is 126 Å². The van der Waals surface area contributed by atoms with E-state index in [1.807, 2.05) is 45.8 Å². The first-order valence-electron chi connectivity index (χ1n) is 6.71. The number of nitrogens with one attached hydrogen (secondary N) is 1. The van der Waals surface area contributed by atoms with Crippen molar-refractivity contribution in [3.05, 3.63) is 63.2 Å². The maximum atomic E-state index is 4.23. The summed E-state index contributed by atoms with van der Waals surface area (Å²) >= 11 is 3.62. The van der Waals surface area contributed by atoms with E-state index in [0.717, 1.165) is 19.5 Å². The second-order valence-corrected chi connectivity index (χ2v) is 6.50. The van der Waals surface area contributed by atoms with Gasteiger partial charge in [0.25, 0.3) is 0 Å². The molecule has 0 radical (unpaired) electrons. The molecule has 0 bridgehead atoms. The Hall–Kier alpha value is -1.43. The molecule has 3 aromatic heterocycles. The molecule has 0 aromatic carbocycles. The molecule has 0 fully saturated rings. The van der Waals surface area contributed by atoms with Crippen molar-refractivity contribution < 1.29 is 0 Å². The van der Waals surface area contributed by atoms with E-state index >= 15 is 0 Å². The molecule has 0 aliphatic carbocycles. The molecule has 0 aliphatic rings. The summed E-state index contributed by atoms with van der Waals surface area (Å²) < 4.78 is 1.98. The van der Waals surface area contributed by atoms with E-state index in [9.17, 15) is 0 Å². The van der Waals surface area contributed by atoms with Crippen LogP contribution in [0.4, 0.5) is 0 Å². The van der Waals surface area contributed by atoms with Gasteiger partial charge in [0.1, 0.15) is 0 Å². The van der Waals surface area contributed by atoms with E-state index in [1.165, 1.54) is 9.75 Å². The molecule has 0 saturated carbocycles. The molecule has 1 N–H and O–H groups in total. The Balaban J connectivity index is 1.57. The van der Waals surface area contributed by atoms with Crippen LogP contribution in [0.15, 0.2) is 53.5 Å². The van der Waals surface area contributed by atoms with Gasteiger partial charge in [-0.05, 0) is 41.9 Å². The van der Waals surface area contributed by atoms with Gasteiger partial charge in [0, 0.05) is 28.7 Å². The van der Waals surface area contributed by atoms with Gasteiger partial charge in [-0.25, -0.2) is 0 Å². The van der Waals surface area contributed by atoms with Crippen LogP contribution in [0.2, 0.25) is 0 Å². The zero-order chi connectivity index (χ0) is 13.6. The predicted octanol–water partition coefficient (Wildman–Crippen LogP) is 3.78. The van der Waals surface area contributed by atoms with Gasteiger partial charge in [0.15, 0.2) is 0 Å². The highest BCUT2D eigenvalue weighted by Gasteiger charge is 2.15. The van der Waals surface area contributed by atoms with E-state index in [2.05, 4.69) is 45.4 Å². The van der Waals surface area contributed by atoms with Crippen molar-refractivity contribution >= 4 is 22.7 Å². The van der Waals surface area contributed by atoms with Crippen molar-refractivity contribution in [1.82, 2.24) is 15.1 Å². The summed E-state index contributed by atoms with van der Waals surface area (Å²) in [6.45, 7) is 1.95. The average molecular weight is 303 g/mol. The standard InChI is InChI=1S/C15H17N3S2/c1-5-13(19-11-1)15(14-6-2-12-20-14)16-7-3-9-18-10-4-8-17-18/h1-2,4-6,8,10-12,15-16H,3,7,9H2. The van der Waals surface area contributed by atoms with Crippen LogP contribution in [0, 0.1) is 0 Å². The van der Waals surface area contributed by atoms with Crippen LogP contribution in [0.5, 0.6) is 0 Å². The molecular weight excluding hydrogens is 286 g/mol. The van der Waals surface area contributed by atoms with Crippen LogP contribution >= 0.6 is 22.7 Å². The molecule has 3 rings (SSSR count).